The number of anilines is 6. The van der Waals surface area contributed by atoms with E-state index in [4.69, 9.17) is 79.9 Å². The van der Waals surface area contributed by atoms with E-state index in [0.29, 0.717) is 83.3 Å². The van der Waals surface area contributed by atoms with E-state index in [-0.39, 0.29) is 23.8 Å². The minimum atomic E-state index is -0.574. The maximum absolute atomic E-state index is 11.5. The molecule has 0 radical (unpaired) electrons. The number of hydrogen-bond donors (Lipinski definition) is 7. The van der Waals surface area contributed by atoms with Gasteiger partial charge >= 0.3 is 0 Å². The minimum Gasteiger partial charge on any atom is -0.472 e. The average Bonchev–Trinajstić information content (AvgIpc) is 0.822. The number of ether oxygens (including phenoxy) is 3. The molecule has 4 fully saturated rings. The van der Waals surface area contributed by atoms with Gasteiger partial charge in [-0.1, -0.05) is 149 Å². The van der Waals surface area contributed by atoms with Gasteiger partial charge in [-0.15, -0.1) is 0 Å². The maximum atomic E-state index is 11.5. The number of carbonyl (C=O) groups excluding carboxylic acids is 4. The molecule has 0 aliphatic carbocycles. The summed E-state index contributed by atoms with van der Waals surface area (Å²) in [5.74, 6) is 2.97. The lowest BCUT2D eigenvalue weighted by molar-refractivity contribution is 0.0992. The predicted octanol–water partition coefficient (Wildman–Crippen LogP) is 12.9. The molecular weight excluding hydrogens is 1760 g/mol. The SMILES string of the molecule is CN1CCN(c2ncc(Sc3ccc(C(N)=O)c(Cl)c3)c(OCc3cccc(CO)c3)n2)CC1.CN1CCN(c2ncc(Sc3ccc(C(N)=O)cc3)c(NCc3ccccc3)n2)CC1.CN1CCN(c2ncc(Sc3ccc(C(N)=O)cc3)c(OCc3cccc(N)c3)n2)CC1.CN1CCN(c2ncc(Sc3ccc(C(N)=O)cc3)c(OCc3cccc(N=[N+]=[N-])c3)n2)CC1. The normalized spacial score (nSPS) is 14.2. The molecule has 38 heteroatoms. The molecule has 4 aliphatic rings. The van der Waals surface area contributed by atoms with Crippen LogP contribution in [0.3, 0.4) is 0 Å². The number of nitrogens with one attached hydrogen (secondary N) is 1. The number of aromatic nitrogens is 8. The number of primary amides is 4. The molecule has 131 heavy (non-hydrogen) atoms. The summed E-state index contributed by atoms with van der Waals surface area (Å²) < 4.78 is 18.4. The molecule has 12 aromatic rings. The largest absolute Gasteiger partial charge is 0.472 e. The van der Waals surface area contributed by atoms with Gasteiger partial charge in [0.1, 0.15) is 25.6 Å². The highest BCUT2D eigenvalue weighted by molar-refractivity contribution is 8.00. The Kier molecular flexibility index (Phi) is 34.6. The van der Waals surface area contributed by atoms with Gasteiger partial charge in [0.25, 0.3) is 0 Å². The van der Waals surface area contributed by atoms with Crippen molar-refractivity contribution in [3.63, 3.8) is 0 Å². The van der Waals surface area contributed by atoms with Gasteiger partial charge in [0.15, 0.2) is 0 Å². The Hall–Kier alpha value is -13.0. The number of aliphatic hydroxyl groups is 1. The molecule has 8 heterocycles. The van der Waals surface area contributed by atoms with E-state index in [9.17, 15) is 24.3 Å². The Morgan fingerprint density at radius 2 is 0.763 bits per heavy atom. The summed E-state index contributed by atoms with van der Waals surface area (Å²) in [5.41, 5.74) is 43.6. The van der Waals surface area contributed by atoms with Crippen LogP contribution < -0.4 is 67.8 Å². The Morgan fingerprint density at radius 1 is 0.412 bits per heavy atom. The van der Waals surface area contributed by atoms with E-state index in [2.05, 4.69) is 115 Å². The highest BCUT2D eigenvalue weighted by atomic mass is 35.5. The molecular formula is C93H102ClN25O8S4. The van der Waals surface area contributed by atoms with E-state index < -0.39 is 23.6 Å². The van der Waals surface area contributed by atoms with E-state index in [1.807, 2.05) is 121 Å². The molecule has 0 unspecified atom stereocenters. The maximum Gasteiger partial charge on any atom is 0.250 e. The van der Waals surface area contributed by atoms with Crippen LogP contribution in [0, 0.1) is 0 Å². The van der Waals surface area contributed by atoms with Crippen LogP contribution in [-0.2, 0) is 33.0 Å². The van der Waals surface area contributed by atoms with Crippen molar-refractivity contribution in [3.8, 4) is 17.6 Å². The van der Waals surface area contributed by atoms with Crippen LogP contribution in [0.5, 0.6) is 17.6 Å². The number of aliphatic hydroxyl groups excluding tert-OH is 1. The van der Waals surface area contributed by atoms with Crippen LogP contribution in [-0.4, -0.2) is 221 Å². The van der Waals surface area contributed by atoms with Crippen molar-refractivity contribution >= 4 is 123 Å². The summed E-state index contributed by atoms with van der Waals surface area (Å²) in [6, 6.07) is 59.1. The van der Waals surface area contributed by atoms with E-state index >= 15 is 0 Å². The van der Waals surface area contributed by atoms with E-state index in [0.717, 1.165) is 178 Å². The minimum absolute atomic E-state index is 0.0297. The van der Waals surface area contributed by atoms with E-state index in [1.165, 1.54) is 40.8 Å². The number of azide groups is 1. The smallest absolute Gasteiger partial charge is 0.250 e. The zero-order chi connectivity index (χ0) is 92.1. The predicted molar refractivity (Wildman–Crippen MR) is 514 cm³/mol. The first-order valence-electron chi connectivity index (χ1n) is 42.1. The van der Waals surface area contributed by atoms with Crippen molar-refractivity contribution < 1.29 is 38.5 Å². The lowest BCUT2D eigenvalue weighted by Crippen LogP contribution is -2.45. The molecule has 4 saturated heterocycles. The first-order chi connectivity index (χ1) is 63.5. The number of amides is 4. The molecule has 0 spiro atoms. The van der Waals surface area contributed by atoms with Crippen molar-refractivity contribution in [2.45, 2.75) is 72.1 Å². The summed E-state index contributed by atoms with van der Waals surface area (Å²) in [6.07, 6.45) is 7.18. The zero-order valence-corrected chi connectivity index (χ0v) is 76.9. The van der Waals surface area contributed by atoms with Crippen LogP contribution >= 0.6 is 58.6 Å². The number of likely N-dealkylation sites (N-methyl/N-ethyl adjacent to an activating group) is 4. The fourth-order valence-electron chi connectivity index (χ4n) is 13.6. The van der Waals surface area contributed by atoms with Gasteiger partial charge in [0.05, 0.1) is 55.4 Å². The number of nitrogen functional groups attached to an aromatic ring is 1. The second-order valence-corrected chi connectivity index (χ2v) is 35.8. The third kappa shape index (κ3) is 28.5. The average molecular weight is 1860 g/mol. The number of halogens is 1. The highest BCUT2D eigenvalue weighted by Gasteiger charge is 2.26. The summed E-state index contributed by atoms with van der Waals surface area (Å²) >= 11 is 12.1. The Labute approximate surface area is 781 Å². The second kappa shape index (κ2) is 47.5. The number of nitrogens with zero attached hydrogens (tertiary/aromatic N) is 19. The first-order valence-corrected chi connectivity index (χ1v) is 45.7. The van der Waals surface area contributed by atoms with Gasteiger partial charge in [-0.25, -0.2) is 19.9 Å². The second-order valence-electron chi connectivity index (χ2n) is 30.9. The fraction of sp³-hybridized carbons (Fsp3) is 0.269. The molecule has 0 atom stereocenters. The van der Waals surface area contributed by atoms with Gasteiger partial charge in [-0.3, -0.25) is 19.2 Å². The molecule has 678 valence electrons. The molecule has 4 aliphatic heterocycles. The lowest BCUT2D eigenvalue weighted by atomic mass is 10.1. The standard InChI is InChI=1S/C24H26ClN5O3S.C23H24N8O2S.C23H26N6O2S.C23H26N6OS/c1-29-7-9-30(10-8-29)24-27-13-21(34-18-5-6-19(22(26)32)20(25)12-18)23(28-24)33-15-17-4-2-3-16(11-17)14-31;1-30-9-11-31(12-10-30)23-26-14-20(34-19-7-5-17(6-8-19)21(24)32)22(27-23)33-15-16-3-2-4-18(13-16)28-29-25;1-28-9-11-29(12-10-28)23-26-14-20(32-19-7-5-17(6-8-19)21(25)30)22(27-23)31-15-16-3-2-4-18(24)13-16;1-28-11-13-29(14-12-28)23-26-16-20(31-19-9-7-18(8-10-19)21(24)30)22(27-23)25-15-17-5-3-2-4-6-17/h2-6,11-13,31H,7-10,14-15H2,1H3,(H2,26,32);2-8,13-14H,9-12,15H2,1H3,(H2,24,32);2-8,13-14H,9-12,15,24H2,1H3,(H2,25,30);2-10,16H,11-15H2,1H3,(H2,24,30)(H,25,26,27). The monoisotopic (exact) mass is 1860 g/mol. The summed E-state index contributed by atoms with van der Waals surface area (Å²) in [7, 11) is 8.44. The first kappa shape index (κ1) is 95.5. The molecule has 0 bridgehead atoms. The number of hydrogen-bond acceptors (Lipinski definition) is 31. The molecule has 0 saturated carbocycles. The quantitative estimate of drug-likeness (QED) is 0.00951. The Balaban J connectivity index is 0.000000149. The zero-order valence-electron chi connectivity index (χ0n) is 72.8. The van der Waals surface area contributed by atoms with Crippen molar-refractivity contribution in [3.05, 3.63) is 284 Å². The van der Waals surface area contributed by atoms with Gasteiger partial charge in [0, 0.05) is 170 Å². The molecule has 16 rings (SSSR count). The van der Waals surface area contributed by atoms with Crippen molar-refractivity contribution in [1.29, 1.82) is 0 Å². The van der Waals surface area contributed by atoms with Gasteiger partial charge in [0.2, 0.25) is 65.1 Å². The molecule has 33 nitrogen and oxygen atoms in total. The van der Waals surface area contributed by atoms with Crippen molar-refractivity contribution in [2.24, 2.45) is 28.0 Å². The molecule has 4 amide bonds. The van der Waals surface area contributed by atoms with Gasteiger partial charge in [-0.05, 0) is 171 Å². The Bertz CT molecular complexity index is 5920. The summed E-state index contributed by atoms with van der Waals surface area (Å²) in [6.45, 7) is 16.1. The number of nitrogens with two attached hydrogens (primary N) is 5. The number of benzene rings is 8. The number of rotatable bonds is 30. The molecule has 4 aromatic heterocycles. The topological polar surface area (TPSA) is 436 Å². The van der Waals surface area contributed by atoms with Crippen LogP contribution in [0.15, 0.2) is 263 Å². The summed E-state index contributed by atoms with van der Waals surface area (Å²) in [4.78, 5) is 110. The van der Waals surface area contributed by atoms with Crippen molar-refractivity contribution in [2.75, 3.05) is 164 Å². The fourth-order valence-corrected chi connectivity index (χ4v) is 17.3. The molecule has 12 N–H and O–H groups in total. The third-order valence-electron chi connectivity index (χ3n) is 21.2. The number of carbonyl (C=O) groups is 4. The van der Waals surface area contributed by atoms with Crippen LogP contribution in [0.2, 0.25) is 5.02 Å². The van der Waals surface area contributed by atoms with Crippen LogP contribution in [0.1, 0.15) is 69.2 Å². The van der Waals surface area contributed by atoms with E-state index in [1.54, 1.807) is 97.1 Å². The lowest BCUT2D eigenvalue weighted by Gasteiger charge is -2.32. The Morgan fingerprint density at radius 3 is 1.15 bits per heavy atom. The van der Waals surface area contributed by atoms with Crippen LogP contribution in [0.25, 0.3) is 10.4 Å². The van der Waals surface area contributed by atoms with Crippen molar-refractivity contribution in [1.82, 2.24) is 59.5 Å². The van der Waals surface area contributed by atoms with Crippen LogP contribution in [0.4, 0.5) is 41.0 Å². The van der Waals surface area contributed by atoms with Gasteiger partial charge < -0.3 is 92.5 Å². The summed E-state index contributed by atoms with van der Waals surface area (Å²) in [5, 5.41) is 16.8. The highest BCUT2D eigenvalue weighted by Crippen LogP contribution is 2.41. The third-order valence-corrected chi connectivity index (χ3v) is 25.5. The van der Waals surface area contributed by atoms with Gasteiger partial charge in [-0.2, -0.15) is 19.9 Å². The molecule has 8 aromatic carbocycles. The number of piperazine rings is 4.